The number of aromatic nitrogens is 1. The van der Waals surface area contributed by atoms with Crippen LogP contribution in [0.15, 0.2) is 54.7 Å². The maximum atomic E-state index is 5.76. The summed E-state index contributed by atoms with van der Waals surface area (Å²) in [5.74, 6) is 0. The normalized spacial score (nSPS) is 19.7. The van der Waals surface area contributed by atoms with Crippen molar-refractivity contribution in [2.24, 2.45) is 0 Å². The second-order valence-corrected chi connectivity index (χ2v) is 8.50. The molecule has 1 N–H and O–H groups in total. The molecule has 1 aliphatic rings. The van der Waals surface area contributed by atoms with E-state index in [1.807, 2.05) is 29.7 Å². The van der Waals surface area contributed by atoms with Crippen molar-refractivity contribution in [3.63, 3.8) is 0 Å². The third-order valence-electron chi connectivity index (χ3n) is 4.64. The van der Waals surface area contributed by atoms with Crippen LogP contribution in [0.3, 0.4) is 0 Å². The van der Waals surface area contributed by atoms with Crippen LogP contribution in [0.4, 0.5) is 5.69 Å². The lowest BCUT2D eigenvalue weighted by atomic mass is 10.0. The van der Waals surface area contributed by atoms with E-state index in [1.165, 1.54) is 20.9 Å². The van der Waals surface area contributed by atoms with E-state index in [0.717, 1.165) is 16.5 Å². The van der Waals surface area contributed by atoms with Crippen molar-refractivity contribution in [1.82, 2.24) is 10.3 Å². The molecular weight excluding hydrogens is 358 g/mol. The molecule has 4 rings (SSSR count). The van der Waals surface area contributed by atoms with Crippen molar-refractivity contribution < 1.29 is 0 Å². The summed E-state index contributed by atoms with van der Waals surface area (Å²) in [5, 5.41) is 4.27. The molecule has 2 atom stereocenters. The molecule has 0 aliphatic carbocycles. The molecule has 26 heavy (non-hydrogen) atoms. The molecule has 0 spiro atoms. The number of nitrogens with one attached hydrogen (secondary N) is 1. The van der Waals surface area contributed by atoms with Crippen molar-refractivity contribution >= 4 is 34.4 Å². The number of rotatable bonds is 3. The molecule has 5 heteroatoms. The van der Waals surface area contributed by atoms with Crippen molar-refractivity contribution in [2.45, 2.75) is 32.9 Å². The first-order valence-corrected chi connectivity index (χ1v) is 9.91. The molecule has 2 aromatic heterocycles. The standard InChI is InChI=1S/C21H21N3S2/c1-13-10-14(2)12-16(11-13)24-20(18-8-7-15(3)26-18)19(23-21(24)25)17-6-4-5-9-22-17/h4-12,19-20H,1-3H3,(H,23,25)/t19-,20-/m0/s1. The summed E-state index contributed by atoms with van der Waals surface area (Å²) in [5.41, 5.74) is 4.63. The lowest BCUT2D eigenvalue weighted by Gasteiger charge is -2.27. The van der Waals surface area contributed by atoms with Crippen molar-refractivity contribution in [2.75, 3.05) is 4.90 Å². The largest absolute Gasteiger partial charge is 0.351 e. The topological polar surface area (TPSA) is 28.2 Å². The lowest BCUT2D eigenvalue weighted by Crippen LogP contribution is -2.29. The van der Waals surface area contributed by atoms with E-state index in [1.54, 1.807) is 0 Å². The van der Waals surface area contributed by atoms with Gasteiger partial charge in [0.05, 0.1) is 17.8 Å². The predicted octanol–water partition coefficient (Wildman–Crippen LogP) is 5.25. The van der Waals surface area contributed by atoms with E-state index in [2.05, 4.69) is 72.4 Å². The summed E-state index contributed by atoms with van der Waals surface area (Å²) in [6.45, 7) is 6.40. The lowest BCUT2D eigenvalue weighted by molar-refractivity contribution is 0.575. The molecule has 1 aromatic carbocycles. The second kappa shape index (κ2) is 6.82. The Morgan fingerprint density at radius 2 is 1.81 bits per heavy atom. The van der Waals surface area contributed by atoms with Crippen LogP contribution in [0.2, 0.25) is 0 Å². The van der Waals surface area contributed by atoms with E-state index in [9.17, 15) is 0 Å². The first-order chi connectivity index (χ1) is 12.5. The number of pyridine rings is 1. The highest BCUT2D eigenvalue weighted by atomic mass is 32.1. The highest BCUT2D eigenvalue weighted by Crippen LogP contribution is 2.43. The molecule has 1 aliphatic heterocycles. The maximum absolute atomic E-state index is 5.76. The molecule has 3 aromatic rings. The third-order valence-corrected chi connectivity index (χ3v) is 6.02. The zero-order valence-corrected chi connectivity index (χ0v) is 16.7. The molecule has 3 nitrogen and oxygen atoms in total. The molecule has 0 saturated carbocycles. The molecule has 132 valence electrons. The van der Waals surface area contributed by atoms with Gasteiger partial charge in [-0.25, -0.2) is 0 Å². The Bertz CT molecular complexity index is 929. The highest BCUT2D eigenvalue weighted by Gasteiger charge is 2.41. The molecule has 0 unspecified atom stereocenters. The number of thiophene rings is 1. The summed E-state index contributed by atoms with van der Waals surface area (Å²) >= 11 is 7.58. The van der Waals surface area contributed by atoms with Gasteiger partial charge < -0.3 is 10.2 Å². The van der Waals surface area contributed by atoms with Crippen LogP contribution in [0, 0.1) is 20.8 Å². The quantitative estimate of drug-likeness (QED) is 0.630. The first-order valence-electron chi connectivity index (χ1n) is 8.68. The van der Waals surface area contributed by atoms with Crippen molar-refractivity contribution in [3.05, 3.63) is 81.3 Å². The minimum atomic E-state index is 0.0302. The zero-order valence-electron chi connectivity index (χ0n) is 15.1. The molecule has 0 radical (unpaired) electrons. The van der Waals surface area contributed by atoms with Gasteiger partial charge in [0.1, 0.15) is 0 Å². The maximum Gasteiger partial charge on any atom is 0.174 e. The van der Waals surface area contributed by atoms with Crippen LogP contribution < -0.4 is 10.2 Å². The number of anilines is 1. The van der Waals surface area contributed by atoms with Gasteiger partial charge in [-0.05, 0) is 80.5 Å². The van der Waals surface area contributed by atoms with Crippen molar-refractivity contribution in [3.8, 4) is 0 Å². The van der Waals surface area contributed by atoms with Gasteiger partial charge in [-0.1, -0.05) is 12.1 Å². The monoisotopic (exact) mass is 379 g/mol. The van der Waals surface area contributed by atoms with Gasteiger partial charge in [0.25, 0.3) is 0 Å². The van der Waals surface area contributed by atoms with Gasteiger partial charge in [0, 0.05) is 21.6 Å². The molecule has 1 fully saturated rings. The number of nitrogens with zero attached hydrogens (tertiary/aromatic N) is 2. The number of benzene rings is 1. The van der Waals surface area contributed by atoms with Gasteiger partial charge in [-0.3, -0.25) is 4.98 Å². The van der Waals surface area contributed by atoms with Crippen LogP contribution in [-0.4, -0.2) is 10.1 Å². The van der Waals surface area contributed by atoms with Crippen LogP contribution in [0.1, 0.15) is 38.7 Å². The average Bonchev–Trinajstić information content (AvgIpc) is 3.18. The van der Waals surface area contributed by atoms with Crippen LogP contribution >= 0.6 is 23.6 Å². The Hall–Kier alpha value is -2.24. The fourth-order valence-electron chi connectivity index (χ4n) is 3.62. The molecule has 3 heterocycles. The predicted molar refractivity (Wildman–Crippen MR) is 113 cm³/mol. The van der Waals surface area contributed by atoms with E-state index < -0.39 is 0 Å². The number of thiocarbonyl (C=S) groups is 1. The molecular formula is C21H21N3S2. The zero-order chi connectivity index (χ0) is 18.3. The number of aryl methyl sites for hydroxylation is 3. The summed E-state index contributed by atoms with van der Waals surface area (Å²) in [7, 11) is 0. The Balaban J connectivity index is 1.85. The van der Waals surface area contributed by atoms with Gasteiger partial charge in [0.2, 0.25) is 0 Å². The fraction of sp³-hybridized carbons (Fsp3) is 0.238. The third kappa shape index (κ3) is 3.13. The summed E-state index contributed by atoms with van der Waals surface area (Å²) in [4.78, 5) is 9.45. The Morgan fingerprint density at radius 3 is 2.42 bits per heavy atom. The van der Waals surface area contributed by atoms with E-state index in [0.29, 0.717) is 0 Å². The van der Waals surface area contributed by atoms with Crippen molar-refractivity contribution in [1.29, 1.82) is 0 Å². The molecule has 0 amide bonds. The first kappa shape index (κ1) is 17.2. The average molecular weight is 380 g/mol. The number of hydrogen-bond donors (Lipinski definition) is 1. The smallest absolute Gasteiger partial charge is 0.174 e. The minimum absolute atomic E-state index is 0.0302. The van der Waals surface area contributed by atoms with Crippen LogP contribution in [0.25, 0.3) is 0 Å². The van der Waals surface area contributed by atoms with Gasteiger partial charge >= 0.3 is 0 Å². The van der Waals surface area contributed by atoms with E-state index in [4.69, 9.17) is 12.2 Å². The van der Waals surface area contributed by atoms with E-state index in [-0.39, 0.29) is 12.1 Å². The van der Waals surface area contributed by atoms with Gasteiger partial charge in [-0.15, -0.1) is 11.3 Å². The summed E-state index contributed by atoms with van der Waals surface area (Å²) < 4.78 is 0. The fourth-order valence-corrected chi connectivity index (χ4v) is 4.98. The summed E-state index contributed by atoms with van der Waals surface area (Å²) in [6, 6.07) is 17.2. The number of hydrogen-bond acceptors (Lipinski definition) is 3. The Kier molecular flexibility index (Phi) is 4.51. The Morgan fingerprint density at radius 1 is 1.04 bits per heavy atom. The van der Waals surface area contributed by atoms with Gasteiger partial charge in [-0.2, -0.15) is 0 Å². The molecule has 1 saturated heterocycles. The minimum Gasteiger partial charge on any atom is -0.351 e. The highest BCUT2D eigenvalue weighted by molar-refractivity contribution is 7.80. The Labute approximate surface area is 163 Å². The molecule has 0 bridgehead atoms. The van der Waals surface area contributed by atoms with E-state index >= 15 is 0 Å². The van der Waals surface area contributed by atoms with Crippen LogP contribution in [-0.2, 0) is 0 Å². The van der Waals surface area contributed by atoms with Gasteiger partial charge in [0.15, 0.2) is 5.11 Å². The second-order valence-electron chi connectivity index (χ2n) is 6.79. The SMILES string of the molecule is Cc1cc(C)cc(N2C(=S)N[C@@H](c3ccccn3)[C@@H]2c2ccc(C)s2)c1. The summed E-state index contributed by atoms with van der Waals surface area (Å²) in [6.07, 6.45) is 1.84. The van der Waals surface area contributed by atoms with Crippen LogP contribution in [0.5, 0.6) is 0 Å².